The zero-order valence-corrected chi connectivity index (χ0v) is 13.5. The summed E-state index contributed by atoms with van der Waals surface area (Å²) in [4.78, 5) is 14.1. The van der Waals surface area contributed by atoms with Crippen LogP contribution in [0.15, 0.2) is 18.2 Å². The Bertz CT molecular complexity index is 549. The molecular formula is C17H23F3N2O. The smallest absolute Gasteiger partial charge is 0.325 e. The summed E-state index contributed by atoms with van der Waals surface area (Å²) in [5, 5.41) is 2.62. The van der Waals surface area contributed by atoms with Gasteiger partial charge in [-0.15, -0.1) is 0 Å². The molecule has 1 saturated heterocycles. The second kappa shape index (κ2) is 7.34. The molecule has 1 fully saturated rings. The topological polar surface area (TPSA) is 32.3 Å². The molecule has 0 aromatic heterocycles. The first kappa shape index (κ1) is 17.8. The Kier molecular flexibility index (Phi) is 5.68. The molecular weight excluding hydrogens is 305 g/mol. The number of hydrogen-bond acceptors (Lipinski definition) is 2. The van der Waals surface area contributed by atoms with Gasteiger partial charge in [0.05, 0.1) is 12.1 Å². The number of hydrogen-bond donors (Lipinski definition) is 1. The van der Waals surface area contributed by atoms with Crippen molar-refractivity contribution < 1.29 is 18.0 Å². The van der Waals surface area contributed by atoms with Crippen molar-refractivity contribution in [2.45, 2.75) is 45.2 Å². The maximum Gasteiger partial charge on any atom is 0.416 e. The Morgan fingerprint density at radius 2 is 1.83 bits per heavy atom. The molecule has 0 unspecified atom stereocenters. The first-order valence-corrected chi connectivity index (χ1v) is 8.00. The van der Waals surface area contributed by atoms with Gasteiger partial charge in [-0.05, 0) is 55.6 Å². The molecule has 1 amide bonds. The lowest BCUT2D eigenvalue weighted by molar-refractivity contribution is -0.137. The summed E-state index contributed by atoms with van der Waals surface area (Å²) in [5.74, 6) is -0.309. The number of carbonyl (C=O) groups excluding carboxylic acids is 1. The van der Waals surface area contributed by atoms with E-state index >= 15 is 0 Å². The van der Waals surface area contributed by atoms with Crippen LogP contribution < -0.4 is 5.32 Å². The van der Waals surface area contributed by atoms with Crippen LogP contribution in [-0.4, -0.2) is 30.4 Å². The molecule has 128 valence electrons. The van der Waals surface area contributed by atoms with Crippen molar-refractivity contribution in [2.24, 2.45) is 0 Å². The van der Waals surface area contributed by atoms with E-state index in [1.165, 1.54) is 6.42 Å². The molecule has 2 rings (SSSR count). The van der Waals surface area contributed by atoms with Crippen molar-refractivity contribution in [3.8, 4) is 0 Å². The van der Waals surface area contributed by atoms with E-state index in [1.54, 1.807) is 6.07 Å². The quantitative estimate of drug-likeness (QED) is 0.896. The van der Waals surface area contributed by atoms with Gasteiger partial charge in [0.1, 0.15) is 0 Å². The number of nitrogens with zero attached hydrogens (tertiary/aromatic N) is 1. The van der Waals surface area contributed by atoms with E-state index in [-0.39, 0.29) is 24.1 Å². The van der Waals surface area contributed by atoms with Crippen LogP contribution in [0.2, 0.25) is 0 Å². The molecule has 0 spiro atoms. The van der Waals surface area contributed by atoms with E-state index in [0.29, 0.717) is 5.56 Å². The summed E-state index contributed by atoms with van der Waals surface area (Å²) < 4.78 is 39.0. The number of likely N-dealkylation sites (tertiary alicyclic amines) is 1. The highest BCUT2D eigenvalue weighted by molar-refractivity contribution is 5.92. The summed E-state index contributed by atoms with van der Waals surface area (Å²) in [6.07, 6.45) is -1.12. The third kappa shape index (κ3) is 5.23. The maximum absolute atomic E-state index is 13.0. The highest BCUT2D eigenvalue weighted by atomic mass is 19.4. The predicted molar refractivity (Wildman–Crippen MR) is 84.5 cm³/mol. The fourth-order valence-corrected chi connectivity index (χ4v) is 2.74. The number of carbonyl (C=O) groups is 1. The molecule has 1 aliphatic rings. The second-order valence-electron chi connectivity index (χ2n) is 6.38. The van der Waals surface area contributed by atoms with Gasteiger partial charge in [0.25, 0.3) is 0 Å². The van der Waals surface area contributed by atoms with Gasteiger partial charge in [0, 0.05) is 5.69 Å². The van der Waals surface area contributed by atoms with Crippen LogP contribution in [0.4, 0.5) is 18.9 Å². The predicted octanol–water partition coefficient (Wildman–Crippen LogP) is 4.25. The van der Waals surface area contributed by atoms with Gasteiger partial charge in [-0.2, -0.15) is 13.2 Å². The van der Waals surface area contributed by atoms with E-state index in [4.69, 9.17) is 0 Å². The van der Waals surface area contributed by atoms with Crippen LogP contribution in [0.5, 0.6) is 0 Å². The van der Waals surface area contributed by atoms with E-state index in [2.05, 4.69) is 5.32 Å². The number of halogens is 3. The Morgan fingerprint density at radius 1 is 1.17 bits per heavy atom. The zero-order valence-electron chi connectivity index (χ0n) is 13.5. The van der Waals surface area contributed by atoms with Crippen molar-refractivity contribution in [1.29, 1.82) is 0 Å². The van der Waals surface area contributed by atoms with Crippen LogP contribution >= 0.6 is 0 Å². The number of benzene rings is 1. The molecule has 0 radical (unpaired) electrons. The number of nitrogens with one attached hydrogen (secondary N) is 1. The van der Waals surface area contributed by atoms with E-state index in [9.17, 15) is 18.0 Å². The third-order valence-corrected chi connectivity index (χ3v) is 4.05. The molecule has 0 aliphatic carbocycles. The minimum absolute atomic E-state index is 0.0463. The SMILES string of the molecule is CC(C)c1cc(NC(=O)CN2CCCCC2)cc(C(F)(F)F)c1. The van der Waals surface area contributed by atoms with Crippen molar-refractivity contribution >= 4 is 11.6 Å². The lowest BCUT2D eigenvalue weighted by Crippen LogP contribution is -2.36. The first-order chi connectivity index (χ1) is 10.8. The number of anilines is 1. The average Bonchev–Trinajstić information content (AvgIpc) is 2.46. The Labute approximate surface area is 134 Å². The monoisotopic (exact) mass is 328 g/mol. The minimum atomic E-state index is -4.42. The summed E-state index contributed by atoms with van der Waals surface area (Å²) in [7, 11) is 0. The van der Waals surface area contributed by atoms with Crippen LogP contribution in [-0.2, 0) is 11.0 Å². The Morgan fingerprint density at radius 3 is 2.39 bits per heavy atom. The molecule has 0 bridgehead atoms. The third-order valence-electron chi connectivity index (χ3n) is 4.05. The van der Waals surface area contributed by atoms with Gasteiger partial charge >= 0.3 is 6.18 Å². The molecule has 0 atom stereocenters. The fraction of sp³-hybridized carbons (Fsp3) is 0.588. The van der Waals surface area contributed by atoms with Crippen LogP contribution in [0, 0.1) is 0 Å². The molecule has 1 aromatic carbocycles. The van der Waals surface area contributed by atoms with Gasteiger partial charge < -0.3 is 5.32 Å². The Balaban J connectivity index is 2.11. The van der Waals surface area contributed by atoms with Gasteiger partial charge in [-0.3, -0.25) is 9.69 Å². The highest BCUT2D eigenvalue weighted by Crippen LogP contribution is 2.33. The van der Waals surface area contributed by atoms with Crippen molar-refractivity contribution in [1.82, 2.24) is 4.90 Å². The van der Waals surface area contributed by atoms with Gasteiger partial charge in [0.2, 0.25) is 5.91 Å². The molecule has 3 nitrogen and oxygen atoms in total. The molecule has 6 heteroatoms. The molecule has 1 heterocycles. The van der Waals surface area contributed by atoms with Crippen LogP contribution in [0.25, 0.3) is 0 Å². The fourth-order valence-electron chi connectivity index (χ4n) is 2.74. The molecule has 1 N–H and O–H groups in total. The summed E-state index contributed by atoms with van der Waals surface area (Å²) in [6.45, 7) is 5.62. The van der Waals surface area contributed by atoms with Gasteiger partial charge in [0.15, 0.2) is 0 Å². The van der Waals surface area contributed by atoms with E-state index < -0.39 is 11.7 Å². The van der Waals surface area contributed by atoms with Crippen molar-refractivity contribution in [3.05, 3.63) is 29.3 Å². The molecule has 0 saturated carbocycles. The normalized spacial score (nSPS) is 16.6. The first-order valence-electron chi connectivity index (χ1n) is 8.00. The van der Waals surface area contributed by atoms with E-state index in [0.717, 1.165) is 38.1 Å². The maximum atomic E-state index is 13.0. The minimum Gasteiger partial charge on any atom is -0.325 e. The summed E-state index contributed by atoms with van der Waals surface area (Å²) in [5.41, 5.74) is 0.0515. The number of piperidine rings is 1. The van der Waals surface area contributed by atoms with E-state index in [1.807, 2.05) is 18.7 Å². The summed E-state index contributed by atoms with van der Waals surface area (Å²) in [6, 6.07) is 3.76. The van der Waals surface area contributed by atoms with Gasteiger partial charge in [-0.25, -0.2) is 0 Å². The van der Waals surface area contributed by atoms with Gasteiger partial charge in [-0.1, -0.05) is 20.3 Å². The highest BCUT2D eigenvalue weighted by Gasteiger charge is 2.31. The van der Waals surface area contributed by atoms with Crippen molar-refractivity contribution in [2.75, 3.05) is 25.0 Å². The summed E-state index contributed by atoms with van der Waals surface area (Å²) >= 11 is 0. The number of amides is 1. The van der Waals surface area contributed by atoms with Crippen LogP contribution in [0.1, 0.15) is 50.2 Å². The molecule has 23 heavy (non-hydrogen) atoms. The second-order valence-corrected chi connectivity index (χ2v) is 6.38. The zero-order chi connectivity index (χ0) is 17.0. The lowest BCUT2D eigenvalue weighted by Gasteiger charge is -2.25. The number of rotatable bonds is 4. The molecule has 1 aliphatic heterocycles. The Hall–Kier alpha value is -1.56. The number of alkyl halides is 3. The lowest BCUT2D eigenvalue weighted by atomic mass is 9.99. The standard InChI is InChI=1S/C17H23F3N2O/c1-12(2)13-8-14(17(18,19)20)10-15(9-13)21-16(23)11-22-6-4-3-5-7-22/h8-10,12H,3-7,11H2,1-2H3,(H,21,23). The van der Waals surface area contributed by atoms with Crippen molar-refractivity contribution in [3.63, 3.8) is 0 Å². The molecule has 1 aromatic rings. The largest absolute Gasteiger partial charge is 0.416 e. The average molecular weight is 328 g/mol. The van der Waals surface area contributed by atoms with Crippen LogP contribution in [0.3, 0.4) is 0 Å².